The fourth-order valence-corrected chi connectivity index (χ4v) is 1.47. The number of aryl methyl sites for hydroxylation is 1. The third-order valence-electron chi connectivity index (χ3n) is 2.68. The summed E-state index contributed by atoms with van der Waals surface area (Å²) >= 11 is 0. The van der Waals surface area contributed by atoms with Crippen molar-refractivity contribution in [2.24, 2.45) is 0 Å². The van der Waals surface area contributed by atoms with Crippen LogP contribution in [0.2, 0.25) is 0 Å². The number of aliphatic hydroxyl groups is 1. The van der Waals surface area contributed by atoms with Crippen LogP contribution in [-0.2, 0) is 6.42 Å². The summed E-state index contributed by atoms with van der Waals surface area (Å²) in [6.45, 7) is 5.88. The van der Waals surface area contributed by atoms with E-state index >= 15 is 0 Å². The summed E-state index contributed by atoms with van der Waals surface area (Å²) in [4.78, 5) is 18.8. The molecule has 0 spiro atoms. The maximum atomic E-state index is 11.7. The number of aliphatic hydroxyl groups excluding tert-OH is 1. The van der Waals surface area contributed by atoms with Crippen LogP contribution < -0.4 is 5.56 Å². The van der Waals surface area contributed by atoms with Gasteiger partial charge in [-0.25, -0.2) is 4.98 Å². The van der Waals surface area contributed by atoms with Crippen LogP contribution in [0.1, 0.15) is 43.3 Å². The van der Waals surface area contributed by atoms with E-state index in [1.165, 1.54) is 0 Å². The summed E-state index contributed by atoms with van der Waals surface area (Å²) in [5, 5.41) is 8.81. The largest absolute Gasteiger partial charge is 0.396 e. The van der Waals surface area contributed by atoms with Gasteiger partial charge in [0.1, 0.15) is 5.82 Å². The lowest BCUT2D eigenvalue weighted by molar-refractivity contribution is 0.298. The SMILES string of the molecule is CCC(C)c1nc(C)c(CCO)c(=O)[nH]1. The minimum atomic E-state index is -0.119. The van der Waals surface area contributed by atoms with Gasteiger partial charge in [0.15, 0.2) is 0 Å². The number of aromatic nitrogens is 2. The van der Waals surface area contributed by atoms with Gasteiger partial charge in [0, 0.05) is 30.2 Å². The number of hydrogen-bond donors (Lipinski definition) is 2. The Morgan fingerprint density at radius 2 is 2.20 bits per heavy atom. The first kappa shape index (κ1) is 11.9. The first-order valence-corrected chi connectivity index (χ1v) is 5.30. The van der Waals surface area contributed by atoms with Crippen molar-refractivity contribution in [2.75, 3.05) is 6.61 Å². The molecule has 4 nitrogen and oxygen atoms in total. The molecule has 1 heterocycles. The zero-order chi connectivity index (χ0) is 11.4. The zero-order valence-electron chi connectivity index (χ0n) is 9.50. The molecule has 0 aliphatic carbocycles. The number of H-pyrrole nitrogens is 1. The predicted molar refractivity (Wildman–Crippen MR) is 59.1 cm³/mol. The van der Waals surface area contributed by atoms with Crippen molar-refractivity contribution in [1.82, 2.24) is 9.97 Å². The highest BCUT2D eigenvalue weighted by molar-refractivity contribution is 5.17. The normalized spacial score (nSPS) is 12.8. The number of aromatic amines is 1. The minimum Gasteiger partial charge on any atom is -0.396 e. The van der Waals surface area contributed by atoms with Gasteiger partial charge in [-0.3, -0.25) is 4.79 Å². The molecule has 1 aromatic rings. The molecular formula is C11H18N2O2. The highest BCUT2D eigenvalue weighted by Crippen LogP contribution is 2.13. The van der Waals surface area contributed by atoms with E-state index < -0.39 is 0 Å². The Morgan fingerprint density at radius 3 is 2.67 bits per heavy atom. The lowest BCUT2D eigenvalue weighted by Crippen LogP contribution is -2.20. The molecule has 1 atom stereocenters. The lowest BCUT2D eigenvalue weighted by Gasteiger charge is -2.10. The van der Waals surface area contributed by atoms with Crippen molar-refractivity contribution in [3.05, 3.63) is 27.4 Å². The molecule has 0 bridgehead atoms. The Balaban J connectivity index is 3.13. The van der Waals surface area contributed by atoms with Crippen molar-refractivity contribution in [3.63, 3.8) is 0 Å². The maximum absolute atomic E-state index is 11.7. The number of hydrogen-bond acceptors (Lipinski definition) is 3. The van der Waals surface area contributed by atoms with Crippen molar-refractivity contribution in [2.45, 2.75) is 39.5 Å². The Morgan fingerprint density at radius 1 is 1.53 bits per heavy atom. The van der Waals surface area contributed by atoms with E-state index in [4.69, 9.17) is 5.11 Å². The van der Waals surface area contributed by atoms with Gasteiger partial charge < -0.3 is 10.1 Å². The summed E-state index contributed by atoms with van der Waals surface area (Å²) < 4.78 is 0. The van der Waals surface area contributed by atoms with Gasteiger partial charge >= 0.3 is 0 Å². The van der Waals surface area contributed by atoms with Crippen LogP contribution in [0.3, 0.4) is 0 Å². The van der Waals surface area contributed by atoms with Gasteiger partial charge in [-0.05, 0) is 13.3 Å². The number of rotatable bonds is 4. The van der Waals surface area contributed by atoms with E-state index in [2.05, 4.69) is 16.9 Å². The summed E-state index contributed by atoms with van der Waals surface area (Å²) in [6.07, 6.45) is 1.32. The molecule has 1 unspecified atom stereocenters. The Hall–Kier alpha value is -1.16. The quantitative estimate of drug-likeness (QED) is 0.782. The van der Waals surface area contributed by atoms with Gasteiger partial charge in [-0.15, -0.1) is 0 Å². The monoisotopic (exact) mass is 210 g/mol. The molecule has 1 aromatic heterocycles. The molecule has 0 saturated carbocycles. The second-order valence-corrected chi connectivity index (χ2v) is 3.80. The molecule has 0 amide bonds. The van der Waals surface area contributed by atoms with Crippen LogP contribution in [0.4, 0.5) is 0 Å². The maximum Gasteiger partial charge on any atom is 0.254 e. The van der Waals surface area contributed by atoms with Crippen molar-refractivity contribution in [1.29, 1.82) is 0 Å². The second-order valence-electron chi connectivity index (χ2n) is 3.80. The van der Waals surface area contributed by atoms with E-state index in [0.29, 0.717) is 12.0 Å². The standard InChI is InChI=1S/C11H18N2O2/c1-4-7(2)10-12-8(3)9(5-6-14)11(15)13-10/h7,14H,4-6H2,1-3H3,(H,12,13,15). The molecule has 2 N–H and O–H groups in total. The van der Waals surface area contributed by atoms with E-state index in [-0.39, 0.29) is 18.1 Å². The van der Waals surface area contributed by atoms with Crippen molar-refractivity contribution >= 4 is 0 Å². The van der Waals surface area contributed by atoms with Gasteiger partial charge in [-0.1, -0.05) is 13.8 Å². The Kier molecular flexibility index (Phi) is 4.03. The minimum absolute atomic E-state index is 0.0196. The first-order chi connectivity index (χ1) is 7.10. The van der Waals surface area contributed by atoms with Crippen LogP contribution >= 0.6 is 0 Å². The van der Waals surface area contributed by atoms with Gasteiger partial charge in [0.25, 0.3) is 5.56 Å². The molecule has 0 radical (unpaired) electrons. The Bertz CT molecular complexity index is 385. The van der Waals surface area contributed by atoms with E-state index in [9.17, 15) is 4.79 Å². The third kappa shape index (κ3) is 2.65. The third-order valence-corrected chi connectivity index (χ3v) is 2.68. The van der Waals surface area contributed by atoms with Crippen LogP contribution in [0.5, 0.6) is 0 Å². The summed E-state index contributed by atoms with van der Waals surface area (Å²) in [5.41, 5.74) is 1.19. The van der Waals surface area contributed by atoms with E-state index in [0.717, 1.165) is 17.9 Å². The highest BCUT2D eigenvalue weighted by atomic mass is 16.3. The lowest BCUT2D eigenvalue weighted by atomic mass is 10.1. The summed E-state index contributed by atoms with van der Waals surface area (Å²) in [7, 11) is 0. The Labute approximate surface area is 89.4 Å². The average molecular weight is 210 g/mol. The molecule has 0 saturated heterocycles. The second kappa shape index (κ2) is 5.07. The first-order valence-electron chi connectivity index (χ1n) is 5.30. The fraction of sp³-hybridized carbons (Fsp3) is 0.636. The topological polar surface area (TPSA) is 66.0 Å². The predicted octanol–water partition coefficient (Wildman–Crippen LogP) is 1.13. The van der Waals surface area contributed by atoms with Crippen molar-refractivity contribution < 1.29 is 5.11 Å². The molecule has 4 heteroatoms. The number of nitrogens with one attached hydrogen (secondary N) is 1. The van der Waals surface area contributed by atoms with Gasteiger partial charge in [0.2, 0.25) is 0 Å². The fourth-order valence-electron chi connectivity index (χ4n) is 1.47. The molecule has 15 heavy (non-hydrogen) atoms. The average Bonchev–Trinajstić information content (AvgIpc) is 2.22. The van der Waals surface area contributed by atoms with Crippen LogP contribution in [0.15, 0.2) is 4.79 Å². The van der Waals surface area contributed by atoms with Gasteiger partial charge in [-0.2, -0.15) is 0 Å². The summed E-state index contributed by atoms with van der Waals surface area (Å²) in [6, 6.07) is 0. The number of nitrogens with zero attached hydrogens (tertiary/aromatic N) is 1. The highest BCUT2D eigenvalue weighted by Gasteiger charge is 2.11. The van der Waals surface area contributed by atoms with Gasteiger partial charge in [0.05, 0.1) is 0 Å². The molecule has 1 rings (SSSR count). The molecule has 0 aliphatic heterocycles. The molecule has 84 valence electrons. The smallest absolute Gasteiger partial charge is 0.254 e. The van der Waals surface area contributed by atoms with Crippen LogP contribution in [0.25, 0.3) is 0 Å². The molecule has 0 fully saturated rings. The zero-order valence-corrected chi connectivity index (χ0v) is 9.50. The van der Waals surface area contributed by atoms with E-state index in [1.807, 2.05) is 13.8 Å². The summed E-state index contributed by atoms with van der Waals surface area (Å²) in [5.74, 6) is 1.00. The van der Waals surface area contributed by atoms with Crippen LogP contribution in [0, 0.1) is 6.92 Å². The molecule has 0 aromatic carbocycles. The molecular weight excluding hydrogens is 192 g/mol. The molecule has 0 aliphatic rings. The van der Waals surface area contributed by atoms with Crippen molar-refractivity contribution in [3.8, 4) is 0 Å². The van der Waals surface area contributed by atoms with E-state index in [1.54, 1.807) is 0 Å². The van der Waals surface area contributed by atoms with Crippen LogP contribution in [-0.4, -0.2) is 21.7 Å².